The van der Waals surface area contributed by atoms with Crippen LogP contribution in [-0.2, 0) is 9.84 Å². The second-order valence-electron chi connectivity index (χ2n) is 6.43. The Balaban J connectivity index is 1.96. The highest BCUT2D eigenvalue weighted by atomic mass is 32.2. The molecule has 1 heterocycles. The van der Waals surface area contributed by atoms with Gasteiger partial charge in [0.1, 0.15) is 9.84 Å². The molecule has 0 spiro atoms. The molecule has 1 saturated heterocycles. The van der Waals surface area contributed by atoms with Gasteiger partial charge in [-0.2, -0.15) is 0 Å². The molecular formula is C14H28N2O2S. The summed E-state index contributed by atoms with van der Waals surface area (Å²) in [5.41, 5.74) is 0. The van der Waals surface area contributed by atoms with Crippen molar-refractivity contribution in [3.05, 3.63) is 0 Å². The molecule has 19 heavy (non-hydrogen) atoms. The fraction of sp³-hybridized carbons (Fsp3) is 1.00. The van der Waals surface area contributed by atoms with E-state index in [2.05, 4.69) is 24.1 Å². The second kappa shape index (κ2) is 6.10. The first-order chi connectivity index (χ1) is 8.90. The van der Waals surface area contributed by atoms with Gasteiger partial charge >= 0.3 is 0 Å². The van der Waals surface area contributed by atoms with Crippen LogP contribution in [0.15, 0.2) is 0 Å². The van der Waals surface area contributed by atoms with Gasteiger partial charge in [0.25, 0.3) is 0 Å². The number of sulfone groups is 1. The molecule has 1 aliphatic heterocycles. The standard InChI is InChI=1S/C14H28N2O2S/c1-4-11(2)13-10-16(7-8-19(3,17)18)14(9-15-13)12-5-6-12/h11-15H,4-10H2,1-3H3. The zero-order valence-corrected chi connectivity index (χ0v) is 13.2. The van der Waals surface area contributed by atoms with Crippen molar-refractivity contribution in [1.29, 1.82) is 0 Å². The highest BCUT2D eigenvalue weighted by Crippen LogP contribution is 2.36. The number of hydrogen-bond donors (Lipinski definition) is 1. The van der Waals surface area contributed by atoms with Crippen LogP contribution in [0.2, 0.25) is 0 Å². The van der Waals surface area contributed by atoms with E-state index in [-0.39, 0.29) is 0 Å². The van der Waals surface area contributed by atoms with Crippen LogP contribution in [0.25, 0.3) is 0 Å². The zero-order valence-electron chi connectivity index (χ0n) is 12.4. The van der Waals surface area contributed by atoms with Gasteiger partial charge in [-0.3, -0.25) is 4.90 Å². The molecule has 0 radical (unpaired) electrons. The van der Waals surface area contributed by atoms with E-state index in [1.165, 1.54) is 25.5 Å². The summed E-state index contributed by atoms with van der Waals surface area (Å²) >= 11 is 0. The van der Waals surface area contributed by atoms with Gasteiger partial charge in [-0.1, -0.05) is 20.3 Å². The molecule has 3 unspecified atom stereocenters. The van der Waals surface area contributed by atoms with Crippen LogP contribution in [0.3, 0.4) is 0 Å². The van der Waals surface area contributed by atoms with Crippen molar-refractivity contribution in [2.75, 3.05) is 31.6 Å². The molecule has 0 aromatic rings. The van der Waals surface area contributed by atoms with Crippen molar-refractivity contribution < 1.29 is 8.42 Å². The van der Waals surface area contributed by atoms with Crippen molar-refractivity contribution in [3.8, 4) is 0 Å². The maximum absolute atomic E-state index is 11.4. The summed E-state index contributed by atoms with van der Waals surface area (Å²) < 4.78 is 22.8. The van der Waals surface area contributed by atoms with Gasteiger partial charge in [-0.15, -0.1) is 0 Å². The molecule has 1 saturated carbocycles. The van der Waals surface area contributed by atoms with Crippen molar-refractivity contribution in [2.45, 2.75) is 45.2 Å². The summed E-state index contributed by atoms with van der Waals surface area (Å²) in [6.07, 6.45) is 5.14. The van der Waals surface area contributed by atoms with Gasteiger partial charge in [0.05, 0.1) is 5.75 Å². The molecule has 2 fully saturated rings. The number of hydrogen-bond acceptors (Lipinski definition) is 4. The van der Waals surface area contributed by atoms with Gasteiger partial charge in [0.15, 0.2) is 0 Å². The number of nitrogens with zero attached hydrogens (tertiary/aromatic N) is 1. The molecule has 0 bridgehead atoms. The van der Waals surface area contributed by atoms with Gasteiger partial charge in [0, 0.05) is 38.0 Å². The first-order valence-electron chi connectivity index (χ1n) is 7.56. The average Bonchev–Trinajstić information content (AvgIpc) is 3.18. The molecule has 2 aliphatic rings. The van der Waals surface area contributed by atoms with Crippen LogP contribution in [-0.4, -0.2) is 57.0 Å². The van der Waals surface area contributed by atoms with E-state index < -0.39 is 9.84 Å². The molecule has 0 aromatic heterocycles. The highest BCUT2D eigenvalue weighted by molar-refractivity contribution is 7.90. The van der Waals surface area contributed by atoms with E-state index in [0.29, 0.717) is 30.3 Å². The van der Waals surface area contributed by atoms with Crippen LogP contribution in [0, 0.1) is 11.8 Å². The quantitative estimate of drug-likeness (QED) is 0.796. The minimum absolute atomic E-state index is 0.295. The van der Waals surface area contributed by atoms with Crippen LogP contribution in [0.4, 0.5) is 0 Å². The van der Waals surface area contributed by atoms with E-state index in [1.54, 1.807) is 0 Å². The molecule has 2 rings (SSSR count). The average molecular weight is 288 g/mol. The zero-order chi connectivity index (χ0) is 14.0. The molecule has 112 valence electrons. The predicted octanol–water partition coefficient (Wildman–Crippen LogP) is 1.13. The first kappa shape index (κ1) is 15.3. The fourth-order valence-electron chi connectivity index (χ4n) is 3.01. The maximum atomic E-state index is 11.4. The lowest BCUT2D eigenvalue weighted by Crippen LogP contribution is -2.59. The second-order valence-corrected chi connectivity index (χ2v) is 8.69. The summed E-state index contributed by atoms with van der Waals surface area (Å²) in [7, 11) is -2.86. The minimum Gasteiger partial charge on any atom is -0.311 e. The van der Waals surface area contributed by atoms with Gasteiger partial charge in [0.2, 0.25) is 0 Å². The van der Waals surface area contributed by atoms with Gasteiger partial charge in [-0.25, -0.2) is 8.42 Å². The lowest BCUT2D eigenvalue weighted by Gasteiger charge is -2.42. The predicted molar refractivity (Wildman–Crippen MR) is 79.0 cm³/mol. The summed E-state index contributed by atoms with van der Waals surface area (Å²) in [6, 6.07) is 1.07. The van der Waals surface area contributed by atoms with E-state index in [0.717, 1.165) is 19.0 Å². The van der Waals surface area contributed by atoms with E-state index in [9.17, 15) is 8.42 Å². The Labute approximate surface area is 117 Å². The van der Waals surface area contributed by atoms with Gasteiger partial charge < -0.3 is 5.32 Å². The van der Waals surface area contributed by atoms with Crippen LogP contribution in [0.1, 0.15) is 33.1 Å². The Morgan fingerprint density at radius 1 is 1.37 bits per heavy atom. The third kappa shape index (κ3) is 4.43. The first-order valence-corrected chi connectivity index (χ1v) is 9.62. The number of rotatable bonds is 6. The third-order valence-corrected chi connectivity index (χ3v) is 5.66. The molecule has 1 aliphatic carbocycles. The summed E-state index contributed by atoms with van der Waals surface area (Å²) in [6.45, 7) is 7.24. The van der Waals surface area contributed by atoms with Crippen LogP contribution >= 0.6 is 0 Å². The summed E-state index contributed by atoms with van der Waals surface area (Å²) in [4.78, 5) is 2.44. The Morgan fingerprint density at radius 3 is 2.58 bits per heavy atom. The SMILES string of the molecule is CCC(C)C1CN(CCS(C)(=O)=O)C(C2CC2)CN1. The maximum Gasteiger partial charge on any atom is 0.148 e. The monoisotopic (exact) mass is 288 g/mol. The molecule has 5 heteroatoms. The van der Waals surface area contributed by atoms with Crippen LogP contribution in [0.5, 0.6) is 0 Å². The highest BCUT2D eigenvalue weighted by Gasteiger charge is 2.39. The van der Waals surface area contributed by atoms with Crippen molar-refractivity contribution in [1.82, 2.24) is 10.2 Å². The topological polar surface area (TPSA) is 49.4 Å². The van der Waals surface area contributed by atoms with Crippen molar-refractivity contribution >= 4 is 9.84 Å². The Bertz CT molecular complexity index is 392. The molecular weight excluding hydrogens is 260 g/mol. The van der Waals surface area contributed by atoms with Gasteiger partial charge in [-0.05, 0) is 24.7 Å². The lowest BCUT2D eigenvalue weighted by molar-refractivity contribution is 0.102. The van der Waals surface area contributed by atoms with Crippen molar-refractivity contribution in [3.63, 3.8) is 0 Å². The third-order valence-electron chi connectivity index (χ3n) is 4.74. The minimum atomic E-state index is -2.86. The summed E-state index contributed by atoms with van der Waals surface area (Å²) in [5, 5.41) is 3.68. The lowest BCUT2D eigenvalue weighted by atomic mass is 9.94. The van der Waals surface area contributed by atoms with E-state index >= 15 is 0 Å². The molecule has 4 nitrogen and oxygen atoms in total. The Morgan fingerprint density at radius 2 is 2.05 bits per heavy atom. The number of piperazine rings is 1. The smallest absolute Gasteiger partial charge is 0.148 e. The summed E-state index contributed by atoms with van der Waals surface area (Å²) in [5.74, 6) is 1.74. The van der Waals surface area contributed by atoms with Crippen LogP contribution < -0.4 is 5.32 Å². The normalized spacial score (nSPS) is 31.3. The number of nitrogens with one attached hydrogen (secondary N) is 1. The molecule has 1 N–H and O–H groups in total. The van der Waals surface area contributed by atoms with E-state index in [1.807, 2.05) is 0 Å². The van der Waals surface area contributed by atoms with Crippen molar-refractivity contribution in [2.24, 2.45) is 11.8 Å². The Kier molecular flexibility index (Phi) is 4.90. The molecule has 0 amide bonds. The van der Waals surface area contributed by atoms with E-state index in [4.69, 9.17) is 0 Å². The molecule has 3 atom stereocenters. The molecule has 0 aromatic carbocycles. The largest absolute Gasteiger partial charge is 0.311 e. The Hall–Kier alpha value is -0.130. The fourth-order valence-corrected chi connectivity index (χ4v) is 3.57.